The summed E-state index contributed by atoms with van der Waals surface area (Å²) in [5, 5.41) is 2.48. The van der Waals surface area contributed by atoms with Crippen molar-refractivity contribution in [3.8, 4) is 0 Å². The lowest BCUT2D eigenvalue weighted by atomic mass is 9.96. The van der Waals surface area contributed by atoms with Crippen LogP contribution in [0.2, 0.25) is 0 Å². The molecule has 5 atom stereocenters. The van der Waals surface area contributed by atoms with Gasteiger partial charge in [0.25, 0.3) is 0 Å². The smallest absolute Gasteiger partial charge is 0.305 e. The van der Waals surface area contributed by atoms with Gasteiger partial charge in [0.05, 0.1) is 0 Å². The lowest BCUT2D eigenvalue weighted by molar-refractivity contribution is -0.256. The molecule has 0 aromatic rings. The van der Waals surface area contributed by atoms with E-state index in [2.05, 4.69) is 12.2 Å². The van der Waals surface area contributed by atoms with Gasteiger partial charge in [0.15, 0.2) is 12.2 Å². The molecule has 0 aliphatic carbocycles. The molecule has 1 aliphatic heterocycles. The Labute approximate surface area is 133 Å². The minimum absolute atomic E-state index is 0.475. The Morgan fingerprint density at radius 1 is 0.870 bits per heavy atom. The fourth-order valence-corrected chi connectivity index (χ4v) is 2.22. The van der Waals surface area contributed by atoms with Gasteiger partial charge in [-0.15, -0.1) is 0 Å². The second-order valence-corrected chi connectivity index (χ2v) is 5.03. The van der Waals surface area contributed by atoms with Crippen molar-refractivity contribution in [2.45, 2.75) is 58.3 Å². The van der Waals surface area contributed by atoms with E-state index in [0.29, 0.717) is 0 Å². The van der Waals surface area contributed by atoms with Gasteiger partial charge >= 0.3 is 17.9 Å². The van der Waals surface area contributed by atoms with E-state index in [4.69, 9.17) is 18.9 Å². The van der Waals surface area contributed by atoms with Crippen LogP contribution in [0.4, 0.5) is 0 Å². The molecule has 0 aromatic heterocycles. The van der Waals surface area contributed by atoms with Gasteiger partial charge in [0, 0.05) is 27.7 Å². The second-order valence-electron chi connectivity index (χ2n) is 5.03. The molecule has 1 radical (unpaired) electrons. The van der Waals surface area contributed by atoms with Crippen molar-refractivity contribution in [3.05, 3.63) is 6.92 Å². The first kappa shape index (κ1) is 18.9. The van der Waals surface area contributed by atoms with Crippen molar-refractivity contribution < 1.29 is 38.1 Å². The molecule has 9 heteroatoms. The molecule has 1 amide bonds. The molecule has 1 saturated heterocycles. The maximum absolute atomic E-state index is 11.4. The molecule has 0 saturated carbocycles. The average molecular weight is 330 g/mol. The van der Waals surface area contributed by atoms with Crippen LogP contribution in [0.15, 0.2) is 0 Å². The summed E-state index contributed by atoms with van der Waals surface area (Å²) in [7, 11) is 0. The van der Waals surface area contributed by atoms with Crippen LogP contribution in [-0.4, -0.2) is 54.5 Å². The predicted molar refractivity (Wildman–Crippen MR) is 74.5 cm³/mol. The van der Waals surface area contributed by atoms with Gasteiger partial charge in [0.1, 0.15) is 12.1 Å². The Morgan fingerprint density at radius 3 is 1.78 bits per heavy atom. The highest BCUT2D eigenvalue weighted by Gasteiger charge is 2.50. The SMILES string of the molecule is [CH2]C1OC(OC(C)=O)C(NC(C)=O)[C@@H](OC(C)=O)C1OC(C)=O. The summed E-state index contributed by atoms with van der Waals surface area (Å²) in [6.45, 7) is 8.38. The molecule has 1 N–H and O–H groups in total. The van der Waals surface area contributed by atoms with Crippen LogP contribution in [0.1, 0.15) is 27.7 Å². The topological polar surface area (TPSA) is 117 Å². The molecule has 1 heterocycles. The molecule has 129 valence electrons. The lowest BCUT2D eigenvalue weighted by Crippen LogP contribution is -2.65. The van der Waals surface area contributed by atoms with Gasteiger partial charge in [-0.05, 0) is 6.92 Å². The van der Waals surface area contributed by atoms with Gasteiger partial charge in [-0.3, -0.25) is 19.2 Å². The molecular weight excluding hydrogens is 310 g/mol. The highest BCUT2D eigenvalue weighted by Crippen LogP contribution is 2.27. The number of amides is 1. The van der Waals surface area contributed by atoms with Gasteiger partial charge < -0.3 is 24.3 Å². The normalized spacial score (nSPS) is 30.0. The zero-order valence-electron chi connectivity index (χ0n) is 13.4. The van der Waals surface area contributed by atoms with E-state index in [9.17, 15) is 19.2 Å². The Balaban J connectivity index is 3.15. The maximum atomic E-state index is 11.4. The second kappa shape index (κ2) is 7.91. The Morgan fingerprint density at radius 2 is 1.35 bits per heavy atom. The number of rotatable bonds is 4. The molecular formula is C14H20NO8. The van der Waals surface area contributed by atoms with Crippen LogP contribution in [0.5, 0.6) is 0 Å². The van der Waals surface area contributed by atoms with Crippen molar-refractivity contribution in [1.82, 2.24) is 5.32 Å². The fraction of sp³-hybridized carbons (Fsp3) is 0.643. The third-order valence-corrected chi connectivity index (χ3v) is 2.90. The van der Waals surface area contributed by atoms with Crippen molar-refractivity contribution in [1.29, 1.82) is 0 Å². The van der Waals surface area contributed by atoms with E-state index in [1.165, 1.54) is 13.8 Å². The first-order valence-corrected chi connectivity index (χ1v) is 6.89. The zero-order chi connectivity index (χ0) is 17.7. The third kappa shape index (κ3) is 5.51. The van der Waals surface area contributed by atoms with Crippen molar-refractivity contribution >= 4 is 23.8 Å². The van der Waals surface area contributed by atoms with Crippen LogP contribution in [0, 0.1) is 6.92 Å². The fourth-order valence-electron chi connectivity index (χ4n) is 2.22. The molecule has 1 rings (SSSR count). The standard InChI is InChI=1S/C14H20NO8/c1-6-12(21-8(3)17)13(22-9(4)18)11(15-7(2)16)14(20-6)23-10(5)19/h6,11-14H,1H2,2-5H3,(H,15,16)/t6?,11?,12?,13-,14?/m1/s1. The summed E-state index contributed by atoms with van der Waals surface area (Å²) in [5.74, 6) is -2.45. The Hall–Kier alpha value is -2.16. The highest BCUT2D eigenvalue weighted by molar-refractivity contribution is 5.74. The van der Waals surface area contributed by atoms with Crippen LogP contribution in [0.3, 0.4) is 0 Å². The zero-order valence-corrected chi connectivity index (χ0v) is 13.4. The van der Waals surface area contributed by atoms with E-state index in [1.54, 1.807) is 0 Å². The Kier molecular flexibility index (Phi) is 6.49. The first-order valence-electron chi connectivity index (χ1n) is 6.89. The van der Waals surface area contributed by atoms with Crippen molar-refractivity contribution in [2.24, 2.45) is 0 Å². The summed E-state index contributed by atoms with van der Waals surface area (Å²) < 4.78 is 20.6. The van der Waals surface area contributed by atoms with Gasteiger partial charge in [-0.1, -0.05) is 0 Å². The molecule has 23 heavy (non-hydrogen) atoms. The third-order valence-electron chi connectivity index (χ3n) is 2.90. The summed E-state index contributed by atoms with van der Waals surface area (Å²) in [5.41, 5.74) is 0. The number of hydrogen-bond donors (Lipinski definition) is 1. The maximum Gasteiger partial charge on any atom is 0.305 e. The molecule has 0 bridgehead atoms. The number of carbonyl (C=O) groups is 4. The molecule has 0 spiro atoms. The number of hydrogen-bond acceptors (Lipinski definition) is 8. The minimum atomic E-state index is -1.24. The molecule has 1 fully saturated rings. The van der Waals surface area contributed by atoms with Crippen LogP contribution in [0.25, 0.3) is 0 Å². The minimum Gasteiger partial charge on any atom is -0.456 e. The van der Waals surface area contributed by atoms with Gasteiger partial charge in [-0.2, -0.15) is 0 Å². The van der Waals surface area contributed by atoms with Crippen LogP contribution in [-0.2, 0) is 38.1 Å². The first-order chi connectivity index (χ1) is 10.6. The van der Waals surface area contributed by atoms with Crippen LogP contribution < -0.4 is 5.32 Å². The van der Waals surface area contributed by atoms with E-state index in [-0.39, 0.29) is 0 Å². The number of nitrogens with one attached hydrogen (secondary N) is 1. The van der Waals surface area contributed by atoms with E-state index in [1.807, 2.05) is 0 Å². The summed E-state index contributed by atoms with van der Waals surface area (Å²) >= 11 is 0. The number of esters is 3. The number of carbonyl (C=O) groups excluding carboxylic acids is 4. The van der Waals surface area contributed by atoms with Gasteiger partial charge in [0.2, 0.25) is 12.2 Å². The van der Waals surface area contributed by atoms with Crippen LogP contribution >= 0.6 is 0 Å². The Bertz CT molecular complexity index is 491. The molecule has 1 aliphatic rings. The van der Waals surface area contributed by atoms with E-state index in [0.717, 1.165) is 13.8 Å². The lowest BCUT2D eigenvalue weighted by Gasteiger charge is -2.43. The van der Waals surface area contributed by atoms with E-state index >= 15 is 0 Å². The summed E-state index contributed by atoms with van der Waals surface area (Å²) in [6.07, 6.45) is -4.41. The van der Waals surface area contributed by atoms with Gasteiger partial charge in [-0.25, -0.2) is 0 Å². The number of ether oxygens (including phenoxy) is 4. The van der Waals surface area contributed by atoms with Crippen molar-refractivity contribution in [2.75, 3.05) is 0 Å². The largest absolute Gasteiger partial charge is 0.456 e. The molecule has 9 nitrogen and oxygen atoms in total. The van der Waals surface area contributed by atoms with E-state index < -0.39 is 54.5 Å². The summed E-state index contributed by atoms with van der Waals surface area (Å²) in [6, 6.07) is -1.05. The summed E-state index contributed by atoms with van der Waals surface area (Å²) in [4.78, 5) is 45.2. The molecule has 4 unspecified atom stereocenters. The monoisotopic (exact) mass is 330 g/mol. The average Bonchev–Trinajstić information content (AvgIpc) is 2.36. The molecule has 0 aromatic carbocycles. The van der Waals surface area contributed by atoms with Crippen molar-refractivity contribution in [3.63, 3.8) is 0 Å². The highest BCUT2D eigenvalue weighted by atomic mass is 16.7. The predicted octanol–water partition coefficient (Wildman–Crippen LogP) is -0.523. The quantitative estimate of drug-likeness (QED) is 0.540.